The number of carbonyl (C=O) groups excluding carboxylic acids is 1. The maximum Gasteiger partial charge on any atom is 0.252 e. The van der Waals surface area contributed by atoms with Gasteiger partial charge in [-0.1, -0.05) is 23.7 Å². The molecule has 0 aliphatic heterocycles. The highest BCUT2D eigenvalue weighted by Crippen LogP contribution is 2.34. The lowest BCUT2D eigenvalue weighted by Crippen LogP contribution is -2.03. The first-order chi connectivity index (χ1) is 13.1. The molecule has 3 rings (SSSR count). The number of halogens is 2. The SMILES string of the molecule is O=C(Cl)c1cccc(Nc2nccc(Nc3c(Cl)cccc3OCO)n2)c1. The highest BCUT2D eigenvalue weighted by Gasteiger charge is 2.10. The van der Waals surface area contributed by atoms with Crippen LogP contribution in [0.25, 0.3) is 0 Å². The topological polar surface area (TPSA) is 96.4 Å². The van der Waals surface area contributed by atoms with Gasteiger partial charge in [0.15, 0.2) is 6.79 Å². The Bertz CT molecular complexity index is 969. The molecule has 0 amide bonds. The number of aliphatic hydroxyl groups is 1. The van der Waals surface area contributed by atoms with Crippen LogP contribution < -0.4 is 15.4 Å². The zero-order valence-corrected chi connectivity index (χ0v) is 15.3. The standard InChI is InChI=1S/C18H14Cl2N4O3/c19-13-5-2-6-14(27-10-25)16(13)23-15-7-8-21-18(24-15)22-12-4-1-3-11(9-12)17(20)26/h1-9,25H,10H2,(H2,21,22,23,24). The minimum Gasteiger partial charge on any atom is -0.466 e. The maximum absolute atomic E-state index is 11.3. The van der Waals surface area contributed by atoms with E-state index in [1.165, 1.54) is 0 Å². The van der Waals surface area contributed by atoms with Crippen molar-refractivity contribution in [1.82, 2.24) is 9.97 Å². The van der Waals surface area contributed by atoms with Gasteiger partial charge >= 0.3 is 0 Å². The molecule has 0 bridgehead atoms. The molecular formula is C18H14Cl2N4O3. The summed E-state index contributed by atoms with van der Waals surface area (Å²) in [7, 11) is 0. The Morgan fingerprint density at radius 1 is 1.15 bits per heavy atom. The average molecular weight is 405 g/mol. The second-order valence-corrected chi connectivity index (χ2v) is 6.01. The van der Waals surface area contributed by atoms with Crippen LogP contribution in [-0.4, -0.2) is 27.1 Å². The summed E-state index contributed by atoms with van der Waals surface area (Å²) >= 11 is 11.7. The second kappa shape index (κ2) is 8.68. The molecule has 1 heterocycles. The number of carbonyl (C=O) groups is 1. The monoisotopic (exact) mass is 404 g/mol. The molecule has 138 valence electrons. The van der Waals surface area contributed by atoms with E-state index in [0.717, 1.165) is 0 Å². The number of aromatic nitrogens is 2. The Balaban J connectivity index is 1.83. The fourth-order valence-corrected chi connectivity index (χ4v) is 2.61. The Labute approximate surface area is 164 Å². The molecule has 0 aliphatic carbocycles. The number of hydrogen-bond acceptors (Lipinski definition) is 7. The number of para-hydroxylation sites is 1. The van der Waals surface area contributed by atoms with Crippen LogP contribution in [0.2, 0.25) is 5.02 Å². The van der Waals surface area contributed by atoms with Crippen molar-refractivity contribution in [1.29, 1.82) is 0 Å². The predicted octanol–water partition coefficient (Wildman–Crippen LogP) is 4.32. The summed E-state index contributed by atoms with van der Waals surface area (Å²) in [5.74, 6) is 1.13. The lowest BCUT2D eigenvalue weighted by atomic mass is 10.2. The van der Waals surface area contributed by atoms with Crippen LogP contribution in [0.1, 0.15) is 10.4 Å². The molecule has 0 saturated carbocycles. The Morgan fingerprint density at radius 3 is 2.74 bits per heavy atom. The van der Waals surface area contributed by atoms with Crippen LogP contribution in [0.15, 0.2) is 54.7 Å². The zero-order valence-electron chi connectivity index (χ0n) is 13.8. The van der Waals surface area contributed by atoms with E-state index in [-0.39, 0.29) is 0 Å². The minimum atomic E-state index is -0.551. The number of ether oxygens (including phenoxy) is 1. The largest absolute Gasteiger partial charge is 0.466 e. The lowest BCUT2D eigenvalue weighted by molar-refractivity contribution is 0.0992. The smallest absolute Gasteiger partial charge is 0.252 e. The van der Waals surface area contributed by atoms with Gasteiger partial charge in [0, 0.05) is 17.4 Å². The summed E-state index contributed by atoms with van der Waals surface area (Å²) in [6, 6.07) is 13.4. The lowest BCUT2D eigenvalue weighted by Gasteiger charge is -2.13. The van der Waals surface area contributed by atoms with Crippen LogP contribution in [0.3, 0.4) is 0 Å². The summed E-state index contributed by atoms with van der Waals surface area (Å²) in [5.41, 5.74) is 1.44. The molecule has 7 nitrogen and oxygen atoms in total. The van der Waals surface area contributed by atoms with Gasteiger partial charge < -0.3 is 20.5 Å². The third-order valence-corrected chi connectivity index (χ3v) is 3.98. The van der Waals surface area contributed by atoms with E-state index in [1.54, 1.807) is 54.7 Å². The van der Waals surface area contributed by atoms with Crippen LogP contribution in [-0.2, 0) is 0 Å². The van der Waals surface area contributed by atoms with E-state index in [0.29, 0.717) is 39.5 Å². The van der Waals surface area contributed by atoms with Gasteiger partial charge in [0.2, 0.25) is 5.95 Å². The number of nitrogens with zero attached hydrogens (tertiary/aromatic N) is 2. The minimum absolute atomic E-state index is 0.302. The Hall–Kier alpha value is -2.87. The van der Waals surface area contributed by atoms with Gasteiger partial charge in [0.25, 0.3) is 5.24 Å². The van der Waals surface area contributed by atoms with Crippen LogP contribution >= 0.6 is 23.2 Å². The third-order valence-electron chi connectivity index (χ3n) is 3.45. The number of anilines is 4. The molecule has 0 saturated heterocycles. The number of nitrogens with one attached hydrogen (secondary N) is 2. The molecule has 0 fully saturated rings. The molecule has 0 radical (unpaired) electrons. The fourth-order valence-electron chi connectivity index (χ4n) is 2.28. The Kier molecular flexibility index (Phi) is 6.08. The molecule has 0 atom stereocenters. The van der Waals surface area contributed by atoms with Gasteiger partial charge in [-0.05, 0) is 48.0 Å². The van der Waals surface area contributed by atoms with Gasteiger partial charge in [-0.25, -0.2) is 4.98 Å². The van der Waals surface area contributed by atoms with Crippen molar-refractivity contribution in [3.63, 3.8) is 0 Å². The van der Waals surface area contributed by atoms with Crippen molar-refractivity contribution in [3.8, 4) is 5.75 Å². The molecule has 0 aliphatic rings. The summed E-state index contributed by atoms with van der Waals surface area (Å²) in [5, 5.41) is 14.9. The number of benzene rings is 2. The first kappa shape index (κ1) is 18.9. The number of hydrogen-bond donors (Lipinski definition) is 3. The van der Waals surface area contributed by atoms with E-state index in [2.05, 4.69) is 20.6 Å². The molecule has 3 aromatic rings. The van der Waals surface area contributed by atoms with E-state index < -0.39 is 12.0 Å². The van der Waals surface area contributed by atoms with Crippen molar-refractivity contribution in [2.24, 2.45) is 0 Å². The van der Waals surface area contributed by atoms with Crippen molar-refractivity contribution in [2.75, 3.05) is 17.4 Å². The highest BCUT2D eigenvalue weighted by atomic mass is 35.5. The van der Waals surface area contributed by atoms with Crippen molar-refractivity contribution in [3.05, 3.63) is 65.3 Å². The predicted molar refractivity (Wildman–Crippen MR) is 104 cm³/mol. The van der Waals surface area contributed by atoms with E-state index in [1.807, 2.05) is 0 Å². The molecule has 3 N–H and O–H groups in total. The zero-order chi connectivity index (χ0) is 19.2. The molecule has 0 spiro atoms. The summed E-state index contributed by atoms with van der Waals surface area (Å²) in [4.78, 5) is 19.8. The summed E-state index contributed by atoms with van der Waals surface area (Å²) in [6.07, 6.45) is 1.55. The first-order valence-corrected chi connectivity index (χ1v) is 8.51. The number of rotatable bonds is 7. The fraction of sp³-hybridized carbons (Fsp3) is 0.0556. The third kappa shape index (κ3) is 4.85. The molecule has 9 heteroatoms. The van der Waals surface area contributed by atoms with E-state index in [9.17, 15) is 4.79 Å². The van der Waals surface area contributed by atoms with Crippen LogP contribution in [0, 0.1) is 0 Å². The highest BCUT2D eigenvalue weighted by molar-refractivity contribution is 6.67. The second-order valence-electron chi connectivity index (χ2n) is 5.26. The first-order valence-electron chi connectivity index (χ1n) is 7.76. The molecule has 0 unspecified atom stereocenters. The van der Waals surface area contributed by atoms with Gasteiger partial charge in [0.05, 0.1) is 5.02 Å². The quantitative estimate of drug-likeness (QED) is 0.398. The van der Waals surface area contributed by atoms with E-state index >= 15 is 0 Å². The normalized spacial score (nSPS) is 10.3. The van der Waals surface area contributed by atoms with Crippen molar-refractivity contribution in [2.45, 2.75) is 0 Å². The van der Waals surface area contributed by atoms with Crippen molar-refractivity contribution >= 4 is 51.6 Å². The van der Waals surface area contributed by atoms with Crippen molar-refractivity contribution < 1.29 is 14.6 Å². The van der Waals surface area contributed by atoms with Crippen LogP contribution in [0.5, 0.6) is 5.75 Å². The van der Waals surface area contributed by atoms with Gasteiger partial charge in [-0.15, -0.1) is 0 Å². The Morgan fingerprint density at radius 2 is 1.96 bits per heavy atom. The van der Waals surface area contributed by atoms with Gasteiger partial charge in [0.1, 0.15) is 17.3 Å². The maximum atomic E-state index is 11.3. The number of aliphatic hydroxyl groups excluding tert-OH is 1. The summed E-state index contributed by atoms with van der Waals surface area (Å²) < 4.78 is 5.16. The molecular weight excluding hydrogens is 391 g/mol. The van der Waals surface area contributed by atoms with Gasteiger partial charge in [-0.2, -0.15) is 4.98 Å². The average Bonchev–Trinajstić information content (AvgIpc) is 2.65. The van der Waals surface area contributed by atoms with Crippen LogP contribution in [0.4, 0.5) is 23.1 Å². The van der Waals surface area contributed by atoms with E-state index in [4.69, 9.17) is 33.0 Å². The molecule has 2 aromatic carbocycles. The molecule has 27 heavy (non-hydrogen) atoms. The summed E-state index contributed by atoms with van der Waals surface area (Å²) in [6.45, 7) is -0.485. The molecule has 1 aromatic heterocycles. The van der Waals surface area contributed by atoms with Gasteiger partial charge in [-0.3, -0.25) is 4.79 Å².